The van der Waals surface area contributed by atoms with Crippen LogP contribution in [-0.4, -0.2) is 30.7 Å². The molecule has 1 aromatic carbocycles. The number of hydrogen-bond acceptors (Lipinski definition) is 4. The summed E-state index contributed by atoms with van der Waals surface area (Å²) in [5.74, 6) is -4.58. The maximum atomic E-state index is 13.0. The number of alkyl halides is 12. The molecule has 0 aliphatic heterocycles. The minimum Gasteiger partial charge on any atom is -0.415 e. The number of carbonyl (C=O) groups is 1. The molecule has 0 saturated heterocycles. The Morgan fingerprint density at radius 3 is 1.29 bits per heavy atom. The summed E-state index contributed by atoms with van der Waals surface area (Å²) in [5, 5.41) is 0. The highest BCUT2D eigenvalue weighted by Crippen LogP contribution is 2.61. The number of benzene rings is 1. The zero-order valence-electron chi connectivity index (χ0n) is 12.7. The number of hydrogen-bond donors (Lipinski definition) is 2. The summed E-state index contributed by atoms with van der Waals surface area (Å²) in [7, 11) is 0. The standard InChI is InChI=1S/C12H6F12N2O2/c13-9(14,15)7(27)28-6-4(25)1-3(2-5(6)26)8(10(16,17)18,11(19,20)21)12(22,23)24/h1-2H,25-26H2. The van der Waals surface area contributed by atoms with Gasteiger partial charge in [0.1, 0.15) is 0 Å². The van der Waals surface area contributed by atoms with E-state index < -0.39 is 70.9 Å². The summed E-state index contributed by atoms with van der Waals surface area (Å²) in [6, 6.07) is -1.16. The average molecular weight is 438 g/mol. The molecule has 4 N–H and O–H groups in total. The van der Waals surface area contributed by atoms with Gasteiger partial charge in [0.15, 0.2) is 5.75 Å². The van der Waals surface area contributed by atoms with E-state index in [2.05, 4.69) is 4.74 Å². The minimum absolute atomic E-state index is 0.580. The number of ether oxygens (including phenoxy) is 1. The molecule has 0 fully saturated rings. The van der Waals surface area contributed by atoms with Gasteiger partial charge < -0.3 is 16.2 Å². The van der Waals surface area contributed by atoms with Crippen LogP contribution in [0.4, 0.5) is 64.1 Å². The van der Waals surface area contributed by atoms with Crippen molar-refractivity contribution < 1.29 is 62.2 Å². The second-order valence-corrected chi connectivity index (χ2v) is 5.11. The molecule has 1 rings (SSSR count). The minimum atomic E-state index is -7.01. The third-order valence-electron chi connectivity index (χ3n) is 3.28. The SMILES string of the molecule is Nc1cc(C(C(F)(F)F)(C(F)(F)F)C(F)(F)F)cc(N)c1OC(=O)C(F)(F)F. The van der Waals surface area contributed by atoms with Crippen molar-refractivity contribution in [3.63, 3.8) is 0 Å². The highest BCUT2D eigenvalue weighted by molar-refractivity contribution is 5.83. The van der Waals surface area contributed by atoms with Crippen molar-refractivity contribution >= 4 is 17.3 Å². The number of nitrogens with two attached hydrogens (primary N) is 2. The average Bonchev–Trinajstić information content (AvgIpc) is 2.36. The van der Waals surface area contributed by atoms with Crippen LogP contribution < -0.4 is 16.2 Å². The first kappa shape index (κ1) is 23.5. The molecule has 0 aromatic heterocycles. The highest BCUT2D eigenvalue weighted by Gasteiger charge is 2.84. The van der Waals surface area contributed by atoms with E-state index in [1.807, 2.05) is 0 Å². The van der Waals surface area contributed by atoms with Crippen LogP contribution in [0.25, 0.3) is 0 Å². The summed E-state index contributed by atoms with van der Waals surface area (Å²) in [5.41, 5.74) is -2.43. The van der Waals surface area contributed by atoms with Crippen molar-refractivity contribution in [1.29, 1.82) is 0 Å². The van der Waals surface area contributed by atoms with Gasteiger partial charge in [0.2, 0.25) is 0 Å². The fourth-order valence-electron chi connectivity index (χ4n) is 2.13. The molecule has 28 heavy (non-hydrogen) atoms. The second kappa shape index (κ2) is 6.51. The lowest BCUT2D eigenvalue weighted by molar-refractivity contribution is -0.387. The molecule has 0 radical (unpaired) electrons. The van der Waals surface area contributed by atoms with E-state index in [1.165, 1.54) is 0 Å². The third kappa shape index (κ3) is 3.71. The molecule has 0 bridgehead atoms. The monoisotopic (exact) mass is 438 g/mol. The number of anilines is 2. The molecule has 1 aromatic rings. The van der Waals surface area contributed by atoms with E-state index in [0.717, 1.165) is 0 Å². The number of halogens is 12. The zero-order chi connectivity index (χ0) is 22.5. The van der Waals surface area contributed by atoms with E-state index in [-0.39, 0.29) is 0 Å². The Kier molecular flexibility index (Phi) is 5.46. The van der Waals surface area contributed by atoms with Gasteiger partial charge in [0.05, 0.1) is 11.4 Å². The van der Waals surface area contributed by atoms with Gasteiger partial charge in [-0.25, -0.2) is 4.79 Å². The maximum Gasteiger partial charge on any atom is 0.491 e. The predicted octanol–water partition coefficient (Wildman–Crippen LogP) is 4.24. The van der Waals surface area contributed by atoms with Gasteiger partial charge in [-0.15, -0.1) is 0 Å². The molecule has 0 aliphatic carbocycles. The number of carbonyl (C=O) groups excluding carboxylic acids is 1. The van der Waals surface area contributed by atoms with Gasteiger partial charge in [-0.1, -0.05) is 0 Å². The van der Waals surface area contributed by atoms with Gasteiger partial charge in [-0.3, -0.25) is 0 Å². The fourth-order valence-corrected chi connectivity index (χ4v) is 2.13. The molecular weight excluding hydrogens is 432 g/mol. The van der Waals surface area contributed by atoms with Crippen molar-refractivity contribution in [2.75, 3.05) is 11.5 Å². The molecule has 16 heteroatoms. The van der Waals surface area contributed by atoms with E-state index in [0.29, 0.717) is 0 Å². The van der Waals surface area contributed by atoms with Gasteiger partial charge in [-0.2, -0.15) is 52.7 Å². The Balaban J connectivity index is 3.80. The molecular formula is C12H6F12N2O2. The lowest BCUT2D eigenvalue weighted by Crippen LogP contribution is -2.63. The zero-order valence-corrected chi connectivity index (χ0v) is 12.7. The Labute approximate surface area is 146 Å². The van der Waals surface area contributed by atoms with E-state index in [1.54, 1.807) is 0 Å². The summed E-state index contributed by atoms with van der Waals surface area (Å²) in [6.45, 7) is 0. The molecule has 0 spiro atoms. The van der Waals surface area contributed by atoms with E-state index in [4.69, 9.17) is 11.5 Å². The first-order valence-electron chi connectivity index (χ1n) is 6.36. The molecule has 0 saturated carbocycles. The van der Waals surface area contributed by atoms with Crippen molar-refractivity contribution in [2.24, 2.45) is 0 Å². The van der Waals surface area contributed by atoms with Crippen molar-refractivity contribution in [3.05, 3.63) is 17.7 Å². The molecule has 4 nitrogen and oxygen atoms in total. The molecule has 0 aliphatic rings. The Bertz CT molecular complexity index is 701. The summed E-state index contributed by atoms with van der Waals surface area (Å²) in [4.78, 5) is 10.7. The lowest BCUT2D eigenvalue weighted by atomic mass is 9.77. The third-order valence-corrected chi connectivity index (χ3v) is 3.28. The Morgan fingerprint density at radius 1 is 0.714 bits per heavy atom. The van der Waals surface area contributed by atoms with Crippen LogP contribution in [0.1, 0.15) is 5.56 Å². The van der Waals surface area contributed by atoms with Crippen molar-refractivity contribution in [3.8, 4) is 5.75 Å². The van der Waals surface area contributed by atoms with E-state index in [9.17, 15) is 57.5 Å². The largest absolute Gasteiger partial charge is 0.491 e. The summed E-state index contributed by atoms with van der Waals surface area (Å²) >= 11 is 0. The van der Waals surface area contributed by atoms with Crippen molar-refractivity contribution in [2.45, 2.75) is 30.1 Å². The number of rotatable bonds is 2. The quantitative estimate of drug-likeness (QED) is 0.314. The summed E-state index contributed by atoms with van der Waals surface area (Å²) < 4.78 is 157. The molecule has 0 atom stereocenters. The lowest BCUT2D eigenvalue weighted by Gasteiger charge is -2.39. The smallest absolute Gasteiger partial charge is 0.415 e. The first-order valence-corrected chi connectivity index (χ1v) is 6.36. The van der Waals surface area contributed by atoms with Crippen LogP contribution in [0.3, 0.4) is 0 Å². The van der Waals surface area contributed by atoms with Gasteiger partial charge in [-0.05, 0) is 17.7 Å². The van der Waals surface area contributed by atoms with Crippen LogP contribution >= 0.6 is 0 Å². The number of esters is 1. The fraction of sp³-hybridized carbons (Fsp3) is 0.417. The molecule has 0 unspecified atom stereocenters. The Hall–Kier alpha value is -2.55. The Morgan fingerprint density at radius 2 is 1.04 bits per heavy atom. The van der Waals surface area contributed by atoms with Crippen LogP contribution in [0.2, 0.25) is 0 Å². The molecule has 0 heterocycles. The van der Waals surface area contributed by atoms with E-state index >= 15 is 0 Å². The molecule has 160 valence electrons. The van der Waals surface area contributed by atoms with Crippen molar-refractivity contribution in [1.82, 2.24) is 0 Å². The van der Waals surface area contributed by atoms with Crippen LogP contribution in [0, 0.1) is 0 Å². The van der Waals surface area contributed by atoms with Crippen LogP contribution in [0.15, 0.2) is 12.1 Å². The summed E-state index contributed by atoms with van der Waals surface area (Å²) in [6.07, 6.45) is -26.7. The normalized spacial score (nSPS) is 14.1. The van der Waals surface area contributed by atoms with Gasteiger partial charge in [0, 0.05) is 0 Å². The maximum absolute atomic E-state index is 13.0. The first-order chi connectivity index (χ1) is 12.2. The van der Waals surface area contributed by atoms with Gasteiger partial charge in [0.25, 0.3) is 5.41 Å². The van der Waals surface area contributed by atoms with Crippen LogP contribution in [0.5, 0.6) is 5.75 Å². The molecule has 0 amide bonds. The highest BCUT2D eigenvalue weighted by atomic mass is 19.4. The van der Waals surface area contributed by atoms with Gasteiger partial charge >= 0.3 is 30.7 Å². The predicted molar refractivity (Wildman–Crippen MR) is 66.8 cm³/mol. The number of nitrogen functional groups attached to an aromatic ring is 2. The second-order valence-electron chi connectivity index (χ2n) is 5.11. The topological polar surface area (TPSA) is 78.3 Å². The van der Waals surface area contributed by atoms with Crippen LogP contribution in [-0.2, 0) is 10.2 Å².